The number of hydrogen-bond acceptors (Lipinski definition) is 6. The zero-order valence-corrected chi connectivity index (χ0v) is 24.5. The van der Waals surface area contributed by atoms with E-state index >= 15 is 0 Å². The van der Waals surface area contributed by atoms with Crippen molar-refractivity contribution in [1.82, 2.24) is 4.90 Å². The average Bonchev–Trinajstić information content (AvgIpc) is 3.33. The molecule has 1 aliphatic carbocycles. The minimum atomic E-state index is -1.05. The van der Waals surface area contributed by atoms with Crippen molar-refractivity contribution in [3.05, 3.63) is 15.8 Å². The van der Waals surface area contributed by atoms with E-state index in [1.54, 1.807) is 15.9 Å². The number of rotatable bonds is 5. The molecule has 0 spiro atoms. The summed E-state index contributed by atoms with van der Waals surface area (Å²) < 4.78 is 11.1. The number of ether oxygens (including phenoxy) is 2. The fourth-order valence-electron chi connectivity index (χ4n) is 5.54. The highest BCUT2D eigenvalue weighted by atomic mass is 32.1. The summed E-state index contributed by atoms with van der Waals surface area (Å²) in [7, 11) is 0. The van der Waals surface area contributed by atoms with Crippen molar-refractivity contribution in [2.75, 3.05) is 31.2 Å². The van der Waals surface area contributed by atoms with Crippen LogP contribution in [0.25, 0.3) is 0 Å². The van der Waals surface area contributed by atoms with Gasteiger partial charge in [-0.1, -0.05) is 18.8 Å². The molecule has 0 unspecified atom stereocenters. The molecule has 2 saturated heterocycles. The molecule has 0 atom stereocenters. The molecule has 3 aliphatic rings. The van der Waals surface area contributed by atoms with Crippen LogP contribution in [0.4, 0.5) is 10.5 Å². The second-order valence-electron chi connectivity index (χ2n) is 12.2. The van der Waals surface area contributed by atoms with Crippen LogP contribution in [0.3, 0.4) is 0 Å². The first kappa shape index (κ1) is 29.4. The Morgan fingerprint density at radius 1 is 1.05 bits per heavy atom. The molecule has 9 heteroatoms. The van der Waals surface area contributed by atoms with Gasteiger partial charge in [0, 0.05) is 43.3 Å². The molecule has 4 rings (SSSR count). The molecule has 0 radical (unpaired) electrons. The Bertz CT molecular complexity index is 1090. The fraction of sp³-hybridized carbons (Fsp3) is 0.700. The smallest absolute Gasteiger partial charge is 0.410 e. The Morgan fingerprint density at radius 2 is 1.69 bits per heavy atom. The third-order valence-corrected chi connectivity index (χ3v) is 8.88. The van der Waals surface area contributed by atoms with Gasteiger partial charge in [0.25, 0.3) is 0 Å². The molecule has 8 nitrogen and oxygen atoms in total. The molecule has 3 heterocycles. The number of thiophene rings is 1. The summed E-state index contributed by atoms with van der Waals surface area (Å²) in [5.41, 5.74) is 0.214. The van der Waals surface area contributed by atoms with Crippen LogP contribution in [-0.2, 0) is 14.3 Å². The SMILES string of the molecule is CC1CCC(C(=O)N(c2cc(C#CC(C)(C)C)sc2C(=O)O)C2CCN(C(=O)OC3CCOCC3)CC2)CC1. The van der Waals surface area contributed by atoms with E-state index in [4.69, 9.17) is 9.47 Å². The standard InChI is InChI=1S/C30H42N2O6S/c1-20-5-7-21(8-6-20)27(33)32(25-19-24(9-14-30(2,3)4)39-26(25)28(34)35)22-10-15-31(16-11-22)29(36)38-23-12-17-37-18-13-23/h19-23H,5-8,10-13,15-18H2,1-4H3,(H,34,35). The van der Waals surface area contributed by atoms with Gasteiger partial charge < -0.3 is 24.4 Å². The first-order valence-corrected chi connectivity index (χ1v) is 15.1. The highest BCUT2D eigenvalue weighted by Crippen LogP contribution is 2.38. The Kier molecular flexibility index (Phi) is 9.60. The van der Waals surface area contributed by atoms with Crippen LogP contribution in [-0.4, -0.2) is 66.4 Å². The Balaban J connectivity index is 1.56. The number of amides is 2. The quantitative estimate of drug-likeness (QED) is 0.460. The molecule has 0 bridgehead atoms. The van der Waals surface area contributed by atoms with Gasteiger partial charge in [-0.25, -0.2) is 9.59 Å². The van der Waals surface area contributed by atoms with Crippen molar-refractivity contribution in [2.45, 2.75) is 91.2 Å². The van der Waals surface area contributed by atoms with Crippen molar-refractivity contribution in [2.24, 2.45) is 17.3 Å². The average molecular weight is 559 g/mol. The number of carboxylic acid groups (broad SMARTS) is 1. The molecule has 1 aromatic heterocycles. The molecule has 1 aromatic rings. The van der Waals surface area contributed by atoms with E-state index < -0.39 is 5.97 Å². The van der Waals surface area contributed by atoms with Gasteiger partial charge in [0.05, 0.1) is 23.8 Å². The van der Waals surface area contributed by atoms with Crippen LogP contribution in [0.2, 0.25) is 0 Å². The summed E-state index contributed by atoms with van der Waals surface area (Å²) in [6, 6.07) is 1.59. The number of piperidine rings is 1. The van der Waals surface area contributed by atoms with Gasteiger partial charge >= 0.3 is 12.1 Å². The fourth-order valence-corrected chi connectivity index (χ4v) is 6.38. The first-order valence-electron chi connectivity index (χ1n) is 14.3. The second-order valence-corrected chi connectivity index (χ2v) is 13.3. The molecule has 1 N–H and O–H groups in total. The number of nitrogens with zero attached hydrogens (tertiary/aromatic N) is 2. The molecule has 1 saturated carbocycles. The lowest BCUT2D eigenvalue weighted by atomic mass is 9.82. The summed E-state index contributed by atoms with van der Waals surface area (Å²) in [6.45, 7) is 10.4. The third-order valence-electron chi connectivity index (χ3n) is 7.85. The van der Waals surface area contributed by atoms with Crippen LogP contribution < -0.4 is 4.90 Å². The maximum Gasteiger partial charge on any atom is 0.410 e. The number of aromatic carboxylic acids is 1. The number of carbonyl (C=O) groups is 3. The van der Waals surface area contributed by atoms with Gasteiger partial charge in [0.1, 0.15) is 11.0 Å². The predicted octanol–water partition coefficient (Wildman–Crippen LogP) is 5.78. The summed E-state index contributed by atoms with van der Waals surface area (Å²) in [5, 5.41) is 10.1. The second kappa shape index (κ2) is 12.7. The lowest BCUT2D eigenvalue weighted by Crippen LogP contribution is -2.51. The van der Waals surface area contributed by atoms with Crippen molar-refractivity contribution >= 4 is 35.0 Å². The first-order chi connectivity index (χ1) is 18.5. The minimum Gasteiger partial charge on any atom is -0.477 e. The van der Waals surface area contributed by atoms with Crippen molar-refractivity contribution in [3.8, 4) is 11.8 Å². The summed E-state index contributed by atoms with van der Waals surface area (Å²) in [5.74, 6) is 5.74. The molecular weight excluding hydrogens is 516 g/mol. The van der Waals surface area contributed by atoms with Gasteiger partial charge in [-0.15, -0.1) is 11.3 Å². The molecule has 2 amide bonds. The van der Waals surface area contributed by atoms with E-state index in [0.29, 0.717) is 68.5 Å². The number of hydrogen-bond donors (Lipinski definition) is 1. The molecule has 3 fully saturated rings. The zero-order chi connectivity index (χ0) is 28.2. The van der Waals surface area contributed by atoms with Gasteiger partial charge in [0.15, 0.2) is 0 Å². The van der Waals surface area contributed by atoms with Crippen molar-refractivity contribution < 1.29 is 29.0 Å². The maximum atomic E-state index is 14.1. The molecule has 0 aromatic carbocycles. The Hall–Kier alpha value is -2.57. The number of likely N-dealkylation sites (tertiary alicyclic amines) is 1. The van der Waals surface area contributed by atoms with Crippen LogP contribution in [0.15, 0.2) is 6.07 Å². The number of carbonyl (C=O) groups excluding carboxylic acids is 2. The van der Waals surface area contributed by atoms with Gasteiger partial charge in [-0.05, 0) is 71.3 Å². The number of carboxylic acids is 1. The third kappa shape index (κ3) is 7.76. The van der Waals surface area contributed by atoms with E-state index in [-0.39, 0.29) is 40.4 Å². The normalized spacial score (nSPS) is 23.0. The van der Waals surface area contributed by atoms with Crippen LogP contribution >= 0.6 is 11.3 Å². The van der Waals surface area contributed by atoms with E-state index in [1.807, 2.05) is 20.8 Å². The highest BCUT2D eigenvalue weighted by Gasteiger charge is 2.38. The van der Waals surface area contributed by atoms with Crippen LogP contribution in [0.5, 0.6) is 0 Å². The lowest BCUT2D eigenvalue weighted by molar-refractivity contribution is -0.124. The Labute approximate surface area is 236 Å². The van der Waals surface area contributed by atoms with E-state index in [2.05, 4.69) is 18.8 Å². The Morgan fingerprint density at radius 3 is 2.28 bits per heavy atom. The van der Waals surface area contributed by atoms with Gasteiger partial charge in [0.2, 0.25) is 5.91 Å². The number of anilines is 1. The summed E-state index contributed by atoms with van der Waals surface area (Å²) in [6.07, 6.45) is 5.74. The van der Waals surface area contributed by atoms with Crippen molar-refractivity contribution in [1.29, 1.82) is 0 Å². The predicted molar refractivity (Wildman–Crippen MR) is 151 cm³/mol. The minimum absolute atomic E-state index is 0.000706. The largest absolute Gasteiger partial charge is 0.477 e. The lowest BCUT2D eigenvalue weighted by Gasteiger charge is -2.40. The van der Waals surface area contributed by atoms with Crippen LogP contribution in [0, 0.1) is 29.1 Å². The van der Waals surface area contributed by atoms with E-state index in [0.717, 1.165) is 37.0 Å². The summed E-state index contributed by atoms with van der Waals surface area (Å²) in [4.78, 5) is 43.5. The molecular formula is C30H42N2O6S. The van der Waals surface area contributed by atoms with E-state index in [9.17, 15) is 19.5 Å². The van der Waals surface area contributed by atoms with Crippen LogP contribution in [0.1, 0.15) is 93.6 Å². The van der Waals surface area contributed by atoms with Gasteiger partial charge in [-0.2, -0.15) is 0 Å². The van der Waals surface area contributed by atoms with Crippen molar-refractivity contribution in [3.63, 3.8) is 0 Å². The maximum absolute atomic E-state index is 14.1. The monoisotopic (exact) mass is 558 g/mol. The summed E-state index contributed by atoms with van der Waals surface area (Å²) >= 11 is 1.13. The topological polar surface area (TPSA) is 96.4 Å². The zero-order valence-electron chi connectivity index (χ0n) is 23.7. The van der Waals surface area contributed by atoms with E-state index in [1.165, 1.54) is 0 Å². The molecule has 39 heavy (non-hydrogen) atoms. The highest BCUT2D eigenvalue weighted by molar-refractivity contribution is 7.15. The molecule has 214 valence electrons. The molecule has 2 aliphatic heterocycles. The van der Waals surface area contributed by atoms with Gasteiger partial charge in [-0.3, -0.25) is 4.79 Å².